The first kappa shape index (κ1) is 25.9. The molecule has 37 heavy (non-hydrogen) atoms. The van der Waals surface area contributed by atoms with E-state index in [1.807, 2.05) is 0 Å². The smallest absolute Gasteiger partial charge is 0.413 e. The van der Waals surface area contributed by atoms with Crippen LogP contribution < -0.4 is 10.1 Å². The molecular weight excluding hydrogens is 488 g/mol. The number of methoxy groups -OCH3 is 1. The Hall–Kier alpha value is -4.16. The van der Waals surface area contributed by atoms with Crippen LogP contribution in [0, 0.1) is 0 Å². The number of nitrogens with one attached hydrogen (secondary N) is 1. The van der Waals surface area contributed by atoms with E-state index in [-0.39, 0.29) is 24.6 Å². The zero-order valence-electron chi connectivity index (χ0n) is 20.9. The third-order valence-corrected chi connectivity index (χ3v) is 5.45. The van der Waals surface area contributed by atoms with Crippen molar-refractivity contribution in [2.24, 2.45) is 0 Å². The van der Waals surface area contributed by atoms with Crippen molar-refractivity contribution in [1.29, 1.82) is 0 Å². The van der Waals surface area contributed by atoms with Crippen LogP contribution in [0.15, 0.2) is 36.9 Å². The van der Waals surface area contributed by atoms with Crippen molar-refractivity contribution < 1.29 is 27.8 Å². The van der Waals surface area contributed by atoms with Crippen LogP contribution in [-0.2, 0) is 4.74 Å². The number of anilines is 1. The number of nitrogens with zero attached hydrogens (tertiary/aromatic N) is 6. The van der Waals surface area contributed by atoms with E-state index in [1.54, 1.807) is 39.1 Å². The van der Waals surface area contributed by atoms with Crippen molar-refractivity contribution in [2.45, 2.75) is 45.1 Å². The van der Waals surface area contributed by atoms with E-state index in [0.717, 1.165) is 0 Å². The number of pyridine rings is 1. The maximum absolute atomic E-state index is 13.7. The van der Waals surface area contributed by atoms with Gasteiger partial charge in [-0.2, -0.15) is 5.10 Å². The minimum Gasteiger partial charge on any atom is -0.481 e. The molecular formula is C24H27F2N7O4. The van der Waals surface area contributed by atoms with Gasteiger partial charge in [0.15, 0.2) is 11.5 Å². The lowest BCUT2D eigenvalue weighted by molar-refractivity contribution is -0.0495. The van der Waals surface area contributed by atoms with Gasteiger partial charge in [-0.15, -0.1) is 0 Å². The summed E-state index contributed by atoms with van der Waals surface area (Å²) in [7, 11) is 1.49. The molecule has 0 aliphatic carbocycles. The van der Waals surface area contributed by atoms with Gasteiger partial charge in [-0.1, -0.05) is 0 Å². The lowest BCUT2D eigenvalue weighted by Gasteiger charge is -2.31. The molecule has 13 heteroatoms. The maximum atomic E-state index is 13.7. The Morgan fingerprint density at radius 2 is 1.78 bits per heavy atom. The minimum absolute atomic E-state index is 0.0307. The summed E-state index contributed by atoms with van der Waals surface area (Å²) in [6.45, 7) is 5.03. The van der Waals surface area contributed by atoms with Crippen LogP contribution >= 0.6 is 0 Å². The molecule has 196 valence electrons. The van der Waals surface area contributed by atoms with Crippen LogP contribution in [0.1, 0.15) is 44.1 Å². The maximum Gasteiger partial charge on any atom is 0.413 e. The van der Waals surface area contributed by atoms with Gasteiger partial charge in [-0.05, 0) is 26.8 Å². The Bertz CT molecular complexity index is 1260. The zero-order chi connectivity index (χ0) is 26.8. The number of piperidine rings is 1. The summed E-state index contributed by atoms with van der Waals surface area (Å²) in [5.74, 6) is -2.74. The minimum atomic E-state index is -2.80. The first-order valence-electron chi connectivity index (χ1n) is 11.5. The number of hydrogen-bond donors (Lipinski definition) is 1. The monoisotopic (exact) mass is 515 g/mol. The number of carbonyl (C=O) groups is 2. The second kappa shape index (κ2) is 10.1. The van der Waals surface area contributed by atoms with E-state index in [2.05, 4.69) is 25.4 Å². The predicted molar refractivity (Wildman–Crippen MR) is 129 cm³/mol. The van der Waals surface area contributed by atoms with Crippen LogP contribution in [-0.4, -0.2) is 73.4 Å². The highest BCUT2D eigenvalue weighted by Crippen LogP contribution is 2.30. The van der Waals surface area contributed by atoms with E-state index in [0.29, 0.717) is 22.8 Å². The fourth-order valence-electron chi connectivity index (χ4n) is 3.61. The number of rotatable bonds is 5. The topological polar surface area (TPSA) is 124 Å². The molecule has 11 nitrogen and oxygen atoms in total. The van der Waals surface area contributed by atoms with Crippen molar-refractivity contribution in [1.82, 2.24) is 29.6 Å². The van der Waals surface area contributed by atoms with Gasteiger partial charge in [0.1, 0.15) is 5.60 Å². The molecule has 2 amide bonds. The molecule has 0 bridgehead atoms. The standard InChI is InChI=1S/C24H27F2N7O4/c1-23(2,3)37-22(35)30-18-13-27-17(12-28-18)16-14-33(15-5-6-19(36-4)29-11-15)31-20(16)21(34)32-9-7-24(25,26)8-10-32/h5-6,11-14H,7-10H2,1-4H3,(H,28,30,35). The fraction of sp³-hybridized carbons (Fsp3) is 0.417. The first-order valence-corrected chi connectivity index (χ1v) is 11.5. The predicted octanol–water partition coefficient (Wildman–Crippen LogP) is 3.95. The average molecular weight is 516 g/mol. The fourth-order valence-corrected chi connectivity index (χ4v) is 3.61. The van der Waals surface area contributed by atoms with Gasteiger partial charge in [0.25, 0.3) is 11.8 Å². The number of alkyl halides is 2. The molecule has 1 aliphatic heterocycles. The molecule has 4 rings (SSSR count). The number of halogens is 2. The van der Waals surface area contributed by atoms with Crippen molar-refractivity contribution in [3.63, 3.8) is 0 Å². The van der Waals surface area contributed by atoms with Crippen LogP contribution in [0.5, 0.6) is 5.88 Å². The Labute approximate surface area is 211 Å². The van der Waals surface area contributed by atoms with Gasteiger partial charge < -0.3 is 14.4 Å². The Morgan fingerprint density at radius 1 is 1.05 bits per heavy atom. The molecule has 0 unspecified atom stereocenters. The summed E-state index contributed by atoms with van der Waals surface area (Å²) in [6, 6.07) is 3.35. The summed E-state index contributed by atoms with van der Waals surface area (Å²) in [5.41, 5.74) is 0.531. The summed E-state index contributed by atoms with van der Waals surface area (Å²) >= 11 is 0. The molecule has 0 atom stereocenters. The van der Waals surface area contributed by atoms with E-state index in [1.165, 1.54) is 35.3 Å². The number of carbonyl (C=O) groups excluding carboxylic acids is 2. The molecule has 4 heterocycles. The normalized spacial score (nSPS) is 15.2. The van der Waals surface area contributed by atoms with Crippen molar-refractivity contribution in [3.05, 3.63) is 42.6 Å². The van der Waals surface area contributed by atoms with Gasteiger partial charge in [0, 0.05) is 38.2 Å². The largest absolute Gasteiger partial charge is 0.481 e. The second-order valence-corrected chi connectivity index (χ2v) is 9.46. The molecule has 0 spiro atoms. The lowest BCUT2D eigenvalue weighted by atomic mass is 10.1. The van der Waals surface area contributed by atoms with E-state index < -0.39 is 36.4 Å². The Morgan fingerprint density at radius 3 is 2.35 bits per heavy atom. The van der Waals surface area contributed by atoms with Gasteiger partial charge in [-0.3, -0.25) is 15.1 Å². The molecule has 1 aliphatic rings. The van der Waals surface area contributed by atoms with Gasteiger partial charge in [0.05, 0.1) is 42.6 Å². The quantitative estimate of drug-likeness (QED) is 0.542. The molecule has 0 radical (unpaired) electrons. The molecule has 0 aromatic carbocycles. The van der Waals surface area contributed by atoms with Crippen LogP contribution in [0.2, 0.25) is 0 Å². The number of ether oxygens (including phenoxy) is 2. The molecule has 1 fully saturated rings. The zero-order valence-corrected chi connectivity index (χ0v) is 20.9. The Balaban J connectivity index is 1.64. The average Bonchev–Trinajstić information content (AvgIpc) is 3.28. The summed E-state index contributed by atoms with van der Waals surface area (Å²) in [5, 5.41) is 6.93. The highest BCUT2D eigenvalue weighted by molar-refractivity contribution is 5.98. The molecule has 1 N–H and O–H groups in total. The van der Waals surface area contributed by atoms with Gasteiger partial charge in [-0.25, -0.2) is 28.2 Å². The second-order valence-electron chi connectivity index (χ2n) is 9.46. The summed E-state index contributed by atoms with van der Waals surface area (Å²) < 4.78 is 39.1. The highest BCUT2D eigenvalue weighted by atomic mass is 19.3. The van der Waals surface area contributed by atoms with Crippen molar-refractivity contribution in [2.75, 3.05) is 25.5 Å². The van der Waals surface area contributed by atoms with Crippen molar-refractivity contribution >= 4 is 17.8 Å². The van der Waals surface area contributed by atoms with Crippen LogP contribution in [0.4, 0.5) is 19.4 Å². The first-order chi connectivity index (χ1) is 17.4. The third-order valence-electron chi connectivity index (χ3n) is 5.45. The highest BCUT2D eigenvalue weighted by Gasteiger charge is 2.37. The van der Waals surface area contributed by atoms with Gasteiger partial charge in [0.2, 0.25) is 5.88 Å². The Kier molecular flexibility index (Phi) is 7.05. The summed E-state index contributed by atoms with van der Waals surface area (Å²) in [4.78, 5) is 39.4. The number of amides is 2. The number of likely N-dealkylation sites (tertiary alicyclic amines) is 1. The third kappa shape index (κ3) is 6.35. The van der Waals surface area contributed by atoms with E-state index in [4.69, 9.17) is 9.47 Å². The SMILES string of the molecule is COc1ccc(-n2cc(-c3cnc(NC(=O)OC(C)(C)C)cn3)c(C(=O)N3CCC(F)(F)CC3)n2)cn1. The molecule has 1 saturated heterocycles. The van der Waals surface area contributed by atoms with E-state index in [9.17, 15) is 18.4 Å². The molecule has 3 aromatic heterocycles. The lowest BCUT2D eigenvalue weighted by Crippen LogP contribution is -2.43. The van der Waals surface area contributed by atoms with E-state index >= 15 is 0 Å². The molecule has 0 saturated carbocycles. The van der Waals surface area contributed by atoms with Crippen LogP contribution in [0.3, 0.4) is 0 Å². The van der Waals surface area contributed by atoms with Crippen molar-refractivity contribution in [3.8, 4) is 22.8 Å². The van der Waals surface area contributed by atoms with Crippen LogP contribution in [0.25, 0.3) is 16.9 Å². The summed E-state index contributed by atoms with van der Waals surface area (Å²) in [6.07, 6.45) is 4.28. The van der Waals surface area contributed by atoms with Gasteiger partial charge >= 0.3 is 6.09 Å². The molecule has 3 aromatic rings. The number of hydrogen-bond acceptors (Lipinski definition) is 8. The number of aromatic nitrogens is 5.